The summed E-state index contributed by atoms with van der Waals surface area (Å²) in [6.07, 6.45) is 9.20. The van der Waals surface area contributed by atoms with Crippen LogP contribution in [0.2, 0.25) is 0 Å². The standard InChI is InChI=1S/C15H25N3O2/c1-19-15(8-11-20-12-9-15)14-17-16-13-7-5-3-2-4-6-10-18(13)14/h2-12H2,1H3. The summed E-state index contributed by atoms with van der Waals surface area (Å²) in [4.78, 5) is 0. The quantitative estimate of drug-likeness (QED) is 0.834. The molecule has 5 heteroatoms. The lowest BCUT2D eigenvalue weighted by molar-refractivity contribution is -0.102. The van der Waals surface area contributed by atoms with Crippen LogP contribution in [0.1, 0.15) is 56.6 Å². The third-order valence-electron chi connectivity index (χ3n) is 4.71. The van der Waals surface area contributed by atoms with Crippen molar-refractivity contribution >= 4 is 0 Å². The second-order valence-corrected chi connectivity index (χ2v) is 5.92. The van der Waals surface area contributed by atoms with Gasteiger partial charge >= 0.3 is 0 Å². The van der Waals surface area contributed by atoms with Gasteiger partial charge in [0.15, 0.2) is 5.82 Å². The van der Waals surface area contributed by atoms with Gasteiger partial charge in [0.05, 0.1) is 0 Å². The molecule has 5 nitrogen and oxygen atoms in total. The zero-order chi connectivity index (χ0) is 13.8. The van der Waals surface area contributed by atoms with Crippen LogP contribution in [0, 0.1) is 0 Å². The van der Waals surface area contributed by atoms with Crippen LogP contribution in [0.15, 0.2) is 0 Å². The first-order valence-electron chi connectivity index (χ1n) is 7.91. The SMILES string of the molecule is COC1(c2nnc3n2CCCCCCC3)CCOCC1. The van der Waals surface area contributed by atoms with Gasteiger partial charge in [-0.1, -0.05) is 19.3 Å². The van der Waals surface area contributed by atoms with Crippen molar-refractivity contribution in [3.05, 3.63) is 11.6 Å². The molecule has 112 valence electrons. The lowest BCUT2D eigenvalue weighted by Gasteiger charge is -2.35. The lowest BCUT2D eigenvalue weighted by Crippen LogP contribution is -2.38. The summed E-state index contributed by atoms with van der Waals surface area (Å²) in [5.41, 5.74) is -0.294. The van der Waals surface area contributed by atoms with E-state index in [1.807, 2.05) is 0 Å². The van der Waals surface area contributed by atoms with Gasteiger partial charge in [-0.25, -0.2) is 0 Å². The Morgan fingerprint density at radius 1 is 1.05 bits per heavy atom. The molecule has 0 unspecified atom stereocenters. The van der Waals surface area contributed by atoms with E-state index >= 15 is 0 Å². The predicted molar refractivity (Wildman–Crippen MR) is 75.6 cm³/mol. The van der Waals surface area contributed by atoms with Gasteiger partial charge in [-0.2, -0.15) is 0 Å². The number of aromatic nitrogens is 3. The second kappa shape index (κ2) is 6.22. The Balaban J connectivity index is 1.92. The molecule has 0 atom stereocenters. The first-order valence-corrected chi connectivity index (χ1v) is 7.91. The Morgan fingerprint density at radius 3 is 2.60 bits per heavy atom. The molecular weight excluding hydrogens is 254 g/mol. The summed E-state index contributed by atoms with van der Waals surface area (Å²) >= 11 is 0. The topological polar surface area (TPSA) is 49.2 Å². The molecule has 0 N–H and O–H groups in total. The number of hydrogen-bond acceptors (Lipinski definition) is 4. The molecule has 2 aliphatic heterocycles. The maximum atomic E-state index is 5.89. The van der Waals surface area contributed by atoms with E-state index in [9.17, 15) is 0 Å². The van der Waals surface area contributed by atoms with Crippen LogP contribution >= 0.6 is 0 Å². The first kappa shape index (κ1) is 14.0. The first-order chi connectivity index (χ1) is 9.86. The maximum Gasteiger partial charge on any atom is 0.165 e. The van der Waals surface area contributed by atoms with Crippen molar-refractivity contribution in [1.82, 2.24) is 14.8 Å². The molecule has 3 heterocycles. The molecule has 20 heavy (non-hydrogen) atoms. The Bertz CT molecular complexity index is 438. The van der Waals surface area contributed by atoms with Crippen molar-refractivity contribution in [2.45, 2.75) is 63.5 Å². The van der Waals surface area contributed by atoms with E-state index in [2.05, 4.69) is 14.8 Å². The molecule has 0 aromatic carbocycles. The Labute approximate surface area is 120 Å². The van der Waals surface area contributed by atoms with Crippen LogP contribution in [0.4, 0.5) is 0 Å². The molecule has 0 amide bonds. The van der Waals surface area contributed by atoms with Crippen molar-refractivity contribution in [1.29, 1.82) is 0 Å². The molecular formula is C15H25N3O2. The minimum absolute atomic E-state index is 0.294. The maximum absolute atomic E-state index is 5.89. The number of hydrogen-bond donors (Lipinski definition) is 0. The minimum atomic E-state index is -0.294. The molecule has 0 aliphatic carbocycles. The fraction of sp³-hybridized carbons (Fsp3) is 0.867. The van der Waals surface area contributed by atoms with E-state index in [0.717, 1.165) is 50.7 Å². The molecule has 1 aromatic rings. The van der Waals surface area contributed by atoms with Gasteiger partial charge in [-0.3, -0.25) is 0 Å². The number of ether oxygens (including phenoxy) is 2. The van der Waals surface area contributed by atoms with Crippen LogP contribution in [0.25, 0.3) is 0 Å². The summed E-state index contributed by atoms with van der Waals surface area (Å²) in [6.45, 7) is 2.52. The minimum Gasteiger partial charge on any atom is -0.381 e. The van der Waals surface area contributed by atoms with Gasteiger partial charge in [0, 0.05) is 46.1 Å². The Hall–Kier alpha value is -0.940. The van der Waals surface area contributed by atoms with Crippen LogP contribution in [-0.2, 0) is 28.0 Å². The molecule has 1 fully saturated rings. The third-order valence-corrected chi connectivity index (χ3v) is 4.71. The average Bonchev–Trinajstić information content (AvgIpc) is 2.93. The lowest BCUT2D eigenvalue weighted by atomic mass is 9.93. The van der Waals surface area contributed by atoms with Gasteiger partial charge in [0.2, 0.25) is 0 Å². The molecule has 1 saturated heterocycles. The van der Waals surface area contributed by atoms with Crippen molar-refractivity contribution in [2.75, 3.05) is 20.3 Å². The highest BCUT2D eigenvalue weighted by Crippen LogP contribution is 2.35. The molecule has 2 aliphatic rings. The van der Waals surface area contributed by atoms with Gasteiger partial charge in [-0.15, -0.1) is 10.2 Å². The Kier molecular flexibility index (Phi) is 4.36. The van der Waals surface area contributed by atoms with Crippen LogP contribution in [0.3, 0.4) is 0 Å². The smallest absolute Gasteiger partial charge is 0.165 e. The van der Waals surface area contributed by atoms with E-state index in [1.54, 1.807) is 7.11 Å². The summed E-state index contributed by atoms with van der Waals surface area (Å²) < 4.78 is 13.7. The van der Waals surface area contributed by atoms with Gasteiger partial charge in [0.25, 0.3) is 0 Å². The van der Waals surface area contributed by atoms with Crippen molar-refractivity contribution < 1.29 is 9.47 Å². The number of methoxy groups -OCH3 is 1. The van der Waals surface area contributed by atoms with E-state index in [4.69, 9.17) is 9.47 Å². The number of rotatable bonds is 2. The summed E-state index contributed by atoms with van der Waals surface area (Å²) in [5.74, 6) is 2.17. The summed E-state index contributed by atoms with van der Waals surface area (Å²) in [6, 6.07) is 0. The fourth-order valence-corrected chi connectivity index (χ4v) is 3.40. The highest BCUT2D eigenvalue weighted by atomic mass is 16.5. The molecule has 0 radical (unpaired) electrons. The predicted octanol–water partition coefficient (Wildman–Crippen LogP) is 2.44. The van der Waals surface area contributed by atoms with Crippen LogP contribution < -0.4 is 0 Å². The number of aryl methyl sites for hydroxylation is 1. The monoisotopic (exact) mass is 279 g/mol. The molecule has 0 bridgehead atoms. The summed E-state index contributed by atoms with van der Waals surface area (Å²) in [5, 5.41) is 8.97. The zero-order valence-corrected chi connectivity index (χ0v) is 12.4. The van der Waals surface area contributed by atoms with Crippen molar-refractivity contribution in [2.24, 2.45) is 0 Å². The van der Waals surface area contributed by atoms with Gasteiger partial charge < -0.3 is 14.0 Å². The van der Waals surface area contributed by atoms with E-state index in [1.165, 1.54) is 32.1 Å². The van der Waals surface area contributed by atoms with Crippen LogP contribution in [-0.4, -0.2) is 35.1 Å². The third kappa shape index (κ3) is 2.61. The summed E-state index contributed by atoms with van der Waals surface area (Å²) in [7, 11) is 1.79. The molecule has 1 aromatic heterocycles. The van der Waals surface area contributed by atoms with E-state index in [-0.39, 0.29) is 5.60 Å². The number of nitrogens with zero attached hydrogens (tertiary/aromatic N) is 3. The average molecular weight is 279 g/mol. The molecule has 0 spiro atoms. The highest BCUT2D eigenvalue weighted by Gasteiger charge is 2.39. The zero-order valence-electron chi connectivity index (χ0n) is 12.4. The second-order valence-electron chi connectivity index (χ2n) is 5.92. The normalized spacial score (nSPS) is 23.4. The Morgan fingerprint density at radius 2 is 1.80 bits per heavy atom. The molecule has 3 rings (SSSR count). The fourth-order valence-electron chi connectivity index (χ4n) is 3.40. The van der Waals surface area contributed by atoms with Crippen LogP contribution in [0.5, 0.6) is 0 Å². The van der Waals surface area contributed by atoms with Gasteiger partial charge in [0.1, 0.15) is 11.4 Å². The van der Waals surface area contributed by atoms with E-state index < -0.39 is 0 Å². The molecule has 0 saturated carbocycles. The van der Waals surface area contributed by atoms with Crippen molar-refractivity contribution in [3.8, 4) is 0 Å². The highest BCUT2D eigenvalue weighted by molar-refractivity contribution is 5.08. The van der Waals surface area contributed by atoms with Crippen molar-refractivity contribution in [3.63, 3.8) is 0 Å². The van der Waals surface area contributed by atoms with E-state index in [0.29, 0.717) is 0 Å². The number of fused-ring (bicyclic) bond motifs is 1. The largest absolute Gasteiger partial charge is 0.381 e. The van der Waals surface area contributed by atoms with Gasteiger partial charge in [-0.05, 0) is 12.8 Å².